The smallest absolute Gasteiger partial charge is 0.335 e. The molecule has 1 atom stereocenters. The highest BCUT2D eigenvalue weighted by Crippen LogP contribution is 2.42. The highest BCUT2D eigenvalue weighted by molar-refractivity contribution is 7.09. The van der Waals surface area contributed by atoms with Gasteiger partial charge in [-0.3, -0.25) is 4.79 Å². The number of carboxylic acids is 1. The quantitative estimate of drug-likeness (QED) is 0.888. The molecule has 0 aliphatic heterocycles. The molecule has 0 radical (unpaired) electrons. The molecule has 2 aromatic rings. The van der Waals surface area contributed by atoms with Crippen LogP contribution in [0.25, 0.3) is 0 Å². The van der Waals surface area contributed by atoms with Crippen LogP contribution in [0.5, 0.6) is 0 Å². The molecule has 0 saturated heterocycles. The monoisotopic (exact) mass is 316 g/mol. The minimum atomic E-state index is -1.04. The van der Waals surface area contributed by atoms with E-state index < -0.39 is 5.97 Å². The molecule has 0 spiro atoms. The van der Waals surface area contributed by atoms with Gasteiger partial charge in [0.25, 0.3) is 5.91 Å². The molecule has 1 amide bonds. The van der Waals surface area contributed by atoms with Crippen molar-refractivity contribution in [2.45, 2.75) is 25.8 Å². The number of nitrogens with zero attached hydrogens (tertiary/aromatic N) is 1. The third-order valence-electron chi connectivity index (χ3n) is 3.65. The lowest BCUT2D eigenvalue weighted by molar-refractivity contribution is 0.0697. The molecule has 1 heterocycles. The van der Waals surface area contributed by atoms with Gasteiger partial charge in [-0.2, -0.15) is 0 Å². The summed E-state index contributed by atoms with van der Waals surface area (Å²) >= 11 is 1.55. The molecule has 1 saturated carbocycles. The molecular formula is C16H16N2O3S. The molecule has 1 aliphatic rings. The lowest BCUT2D eigenvalue weighted by Gasteiger charge is -2.16. The van der Waals surface area contributed by atoms with Gasteiger partial charge >= 0.3 is 5.97 Å². The van der Waals surface area contributed by atoms with Crippen LogP contribution in [-0.2, 0) is 0 Å². The Bertz CT molecular complexity index is 722. The van der Waals surface area contributed by atoms with E-state index in [9.17, 15) is 9.59 Å². The molecule has 0 bridgehead atoms. The number of thiazole rings is 1. The van der Waals surface area contributed by atoms with E-state index in [4.69, 9.17) is 5.11 Å². The molecule has 0 unspecified atom stereocenters. The Morgan fingerprint density at radius 1 is 1.36 bits per heavy atom. The van der Waals surface area contributed by atoms with Gasteiger partial charge in [0.2, 0.25) is 0 Å². The average molecular weight is 316 g/mol. The highest BCUT2D eigenvalue weighted by atomic mass is 32.1. The van der Waals surface area contributed by atoms with Crippen molar-refractivity contribution >= 4 is 23.2 Å². The van der Waals surface area contributed by atoms with Crippen molar-refractivity contribution in [2.75, 3.05) is 0 Å². The first-order valence-corrected chi connectivity index (χ1v) is 7.99. The van der Waals surface area contributed by atoms with Gasteiger partial charge in [0.05, 0.1) is 11.6 Å². The molecule has 3 rings (SSSR count). The number of carbonyl (C=O) groups excluding carboxylic acids is 1. The summed E-state index contributed by atoms with van der Waals surface area (Å²) in [6.45, 7) is 1.93. The van der Waals surface area contributed by atoms with Gasteiger partial charge in [-0.25, -0.2) is 9.78 Å². The Morgan fingerprint density at radius 2 is 2.09 bits per heavy atom. The predicted octanol–water partition coefficient (Wildman–Crippen LogP) is 3.03. The minimum Gasteiger partial charge on any atom is -0.478 e. The third-order valence-corrected chi connectivity index (χ3v) is 4.70. The van der Waals surface area contributed by atoms with Crippen LogP contribution >= 0.6 is 11.3 Å². The van der Waals surface area contributed by atoms with E-state index in [1.54, 1.807) is 23.5 Å². The van der Waals surface area contributed by atoms with Crippen molar-refractivity contribution in [3.05, 3.63) is 51.5 Å². The topological polar surface area (TPSA) is 79.3 Å². The van der Waals surface area contributed by atoms with Crippen LogP contribution in [0, 0.1) is 12.8 Å². The zero-order valence-electron chi connectivity index (χ0n) is 12.1. The van der Waals surface area contributed by atoms with Crippen LogP contribution in [0.3, 0.4) is 0 Å². The lowest BCUT2D eigenvalue weighted by atomic mass is 10.1. The summed E-state index contributed by atoms with van der Waals surface area (Å²) in [5.41, 5.74) is 1.42. The number of nitrogens with one attached hydrogen (secondary N) is 1. The number of aryl methyl sites for hydroxylation is 1. The summed E-state index contributed by atoms with van der Waals surface area (Å²) < 4.78 is 0. The fourth-order valence-corrected chi connectivity index (χ4v) is 3.28. The molecule has 1 aromatic carbocycles. The molecular weight excluding hydrogens is 300 g/mol. The summed E-state index contributed by atoms with van der Waals surface area (Å²) in [7, 11) is 0. The number of carbonyl (C=O) groups is 2. The number of amides is 1. The van der Waals surface area contributed by atoms with Crippen LogP contribution in [0.4, 0.5) is 0 Å². The lowest BCUT2D eigenvalue weighted by Crippen LogP contribution is -2.30. The summed E-state index contributed by atoms with van der Waals surface area (Å²) in [4.78, 5) is 27.9. The standard InChI is InChI=1S/C16H16N2O3S/c1-9-8-22-15(17-9)13(10-5-6-10)18-14(19)11-3-2-4-12(7-11)16(20)21/h2-4,7-8,10,13H,5-6H2,1H3,(H,18,19)(H,20,21)/t13-/m1/s1. The number of rotatable bonds is 5. The van der Waals surface area contributed by atoms with Gasteiger partial charge in [-0.1, -0.05) is 6.07 Å². The van der Waals surface area contributed by atoms with Crippen molar-refractivity contribution < 1.29 is 14.7 Å². The minimum absolute atomic E-state index is 0.0836. The maximum Gasteiger partial charge on any atom is 0.335 e. The van der Waals surface area contributed by atoms with E-state index >= 15 is 0 Å². The Hall–Kier alpha value is -2.21. The van der Waals surface area contributed by atoms with E-state index in [0.717, 1.165) is 23.5 Å². The van der Waals surface area contributed by atoms with Crippen molar-refractivity contribution in [1.29, 1.82) is 0 Å². The normalized spacial score (nSPS) is 15.3. The van der Waals surface area contributed by atoms with Crippen LogP contribution in [0.15, 0.2) is 29.6 Å². The van der Waals surface area contributed by atoms with Crippen molar-refractivity contribution in [2.24, 2.45) is 5.92 Å². The van der Waals surface area contributed by atoms with Gasteiger partial charge in [0, 0.05) is 16.6 Å². The maximum atomic E-state index is 12.4. The first-order valence-electron chi connectivity index (χ1n) is 7.11. The number of carboxylic acid groups (broad SMARTS) is 1. The zero-order chi connectivity index (χ0) is 15.7. The second kappa shape index (κ2) is 5.88. The summed E-state index contributed by atoms with van der Waals surface area (Å²) in [6.07, 6.45) is 2.16. The van der Waals surface area contributed by atoms with Crippen molar-refractivity contribution in [3.63, 3.8) is 0 Å². The summed E-state index contributed by atoms with van der Waals surface area (Å²) in [6, 6.07) is 5.99. The van der Waals surface area contributed by atoms with Crippen molar-refractivity contribution in [3.8, 4) is 0 Å². The Labute approximate surface area is 132 Å². The number of aromatic nitrogens is 1. The molecule has 6 heteroatoms. The third kappa shape index (κ3) is 3.17. The molecule has 2 N–H and O–H groups in total. The zero-order valence-corrected chi connectivity index (χ0v) is 12.9. The Balaban J connectivity index is 1.79. The fraction of sp³-hybridized carbons (Fsp3) is 0.312. The van der Waals surface area contributed by atoms with Crippen LogP contribution in [0.2, 0.25) is 0 Å². The maximum absolute atomic E-state index is 12.4. The SMILES string of the molecule is Cc1csc([C@H](NC(=O)c2cccc(C(=O)O)c2)C2CC2)n1. The highest BCUT2D eigenvalue weighted by Gasteiger charge is 2.35. The Morgan fingerprint density at radius 3 is 2.68 bits per heavy atom. The molecule has 5 nitrogen and oxygen atoms in total. The molecule has 114 valence electrons. The van der Waals surface area contributed by atoms with E-state index in [1.165, 1.54) is 12.1 Å². The summed E-state index contributed by atoms with van der Waals surface area (Å²) in [5.74, 6) is -0.867. The van der Waals surface area contributed by atoms with Crippen LogP contribution in [-0.4, -0.2) is 22.0 Å². The van der Waals surface area contributed by atoms with E-state index in [2.05, 4.69) is 10.3 Å². The number of benzene rings is 1. The second-order valence-corrected chi connectivity index (χ2v) is 6.39. The largest absolute Gasteiger partial charge is 0.478 e. The van der Waals surface area contributed by atoms with Gasteiger partial charge in [0.1, 0.15) is 5.01 Å². The van der Waals surface area contributed by atoms with Gasteiger partial charge in [-0.05, 0) is 43.9 Å². The fourth-order valence-electron chi connectivity index (χ4n) is 2.34. The predicted molar refractivity (Wildman–Crippen MR) is 83.2 cm³/mol. The number of hydrogen-bond acceptors (Lipinski definition) is 4. The average Bonchev–Trinajstić information content (AvgIpc) is 3.26. The van der Waals surface area contributed by atoms with Crippen LogP contribution < -0.4 is 5.32 Å². The molecule has 1 aromatic heterocycles. The number of hydrogen-bond donors (Lipinski definition) is 2. The van der Waals surface area contributed by atoms with E-state index in [1.807, 2.05) is 12.3 Å². The van der Waals surface area contributed by atoms with Gasteiger partial charge in [0.15, 0.2) is 0 Å². The van der Waals surface area contributed by atoms with Gasteiger partial charge < -0.3 is 10.4 Å². The molecule has 1 aliphatic carbocycles. The van der Waals surface area contributed by atoms with E-state index in [-0.39, 0.29) is 17.5 Å². The first-order chi connectivity index (χ1) is 10.5. The first kappa shape index (κ1) is 14.7. The van der Waals surface area contributed by atoms with Crippen LogP contribution in [0.1, 0.15) is 50.3 Å². The van der Waals surface area contributed by atoms with Gasteiger partial charge in [-0.15, -0.1) is 11.3 Å². The van der Waals surface area contributed by atoms with Crippen molar-refractivity contribution in [1.82, 2.24) is 10.3 Å². The second-order valence-electron chi connectivity index (χ2n) is 5.50. The Kier molecular flexibility index (Phi) is 3.94. The molecule has 22 heavy (non-hydrogen) atoms. The number of aromatic carboxylic acids is 1. The summed E-state index contributed by atoms with van der Waals surface area (Å²) in [5, 5.41) is 14.9. The van der Waals surface area contributed by atoms with E-state index in [0.29, 0.717) is 11.5 Å². The molecule has 1 fully saturated rings.